The summed E-state index contributed by atoms with van der Waals surface area (Å²) < 4.78 is 5.11. The molecule has 4 nitrogen and oxygen atoms in total. The second-order valence-electron chi connectivity index (χ2n) is 2.92. The van der Waals surface area contributed by atoms with E-state index < -0.39 is 5.97 Å². The van der Waals surface area contributed by atoms with E-state index in [-0.39, 0.29) is 6.61 Å². The number of furan rings is 1. The summed E-state index contributed by atoms with van der Waals surface area (Å²) in [5.41, 5.74) is 0. The van der Waals surface area contributed by atoms with Gasteiger partial charge in [0.15, 0.2) is 0 Å². The Labute approximate surface area is 86.8 Å². The van der Waals surface area contributed by atoms with Crippen molar-refractivity contribution in [2.45, 2.75) is 13.5 Å². The molecule has 0 saturated carbocycles. The minimum absolute atomic E-state index is 0.0342. The lowest BCUT2D eigenvalue weighted by Crippen LogP contribution is -1.78. The number of fused-ring (bicyclic) bond motifs is 1. The van der Waals surface area contributed by atoms with E-state index >= 15 is 0 Å². The number of hydrogen-bond donors (Lipinski definition) is 2. The maximum atomic E-state index is 9.00. The lowest BCUT2D eigenvalue weighted by molar-refractivity contribution is -0.134. The van der Waals surface area contributed by atoms with Gasteiger partial charge in [0.05, 0.1) is 6.26 Å². The summed E-state index contributed by atoms with van der Waals surface area (Å²) in [6.45, 7) is 1.05. The van der Waals surface area contributed by atoms with Gasteiger partial charge in [-0.1, -0.05) is 24.3 Å². The van der Waals surface area contributed by atoms with Crippen LogP contribution in [-0.4, -0.2) is 16.2 Å². The van der Waals surface area contributed by atoms with Gasteiger partial charge in [-0.25, -0.2) is 0 Å². The Hall–Kier alpha value is -1.81. The van der Waals surface area contributed by atoms with Crippen molar-refractivity contribution in [3.05, 3.63) is 36.3 Å². The molecular weight excluding hydrogens is 196 g/mol. The molecule has 2 N–H and O–H groups in total. The van der Waals surface area contributed by atoms with Gasteiger partial charge in [-0.05, 0) is 0 Å². The van der Waals surface area contributed by atoms with Crippen molar-refractivity contribution in [2.75, 3.05) is 0 Å². The third-order valence-corrected chi connectivity index (χ3v) is 1.73. The molecule has 0 radical (unpaired) electrons. The third-order valence-electron chi connectivity index (χ3n) is 1.73. The number of carboxylic acids is 1. The highest BCUT2D eigenvalue weighted by atomic mass is 16.4. The molecule has 0 aliphatic rings. The molecule has 0 aliphatic carbocycles. The summed E-state index contributed by atoms with van der Waals surface area (Å²) in [5.74, 6) is -0.194. The fraction of sp³-hybridized carbons (Fsp3) is 0.182. The quantitative estimate of drug-likeness (QED) is 0.752. The number of carbonyl (C=O) groups is 1. The number of benzene rings is 1. The van der Waals surface area contributed by atoms with Crippen LogP contribution >= 0.6 is 0 Å². The van der Waals surface area contributed by atoms with Gasteiger partial charge in [0.1, 0.15) is 12.4 Å². The van der Waals surface area contributed by atoms with Crippen LogP contribution in [0.1, 0.15) is 12.7 Å². The zero-order valence-electron chi connectivity index (χ0n) is 8.30. The Kier molecular flexibility index (Phi) is 3.88. The average Bonchev–Trinajstić information content (AvgIpc) is 2.59. The summed E-state index contributed by atoms with van der Waals surface area (Å²) >= 11 is 0. The topological polar surface area (TPSA) is 70.7 Å². The van der Waals surface area contributed by atoms with Crippen LogP contribution in [0.4, 0.5) is 0 Å². The van der Waals surface area contributed by atoms with E-state index in [9.17, 15) is 0 Å². The molecule has 0 unspecified atom stereocenters. The molecule has 0 aliphatic heterocycles. The van der Waals surface area contributed by atoms with Crippen LogP contribution in [0.3, 0.4) is 0 Å². The molecule has 15 heavy (non-hydrogen) atoms. The van der Waals surface area contributed by atoms with Gasteiger partial charge < -0.3 is 14.6 Å². The second-order valence-corrected chi connectivity index (χ2v) is 2.92. The Morgan fingerprint density at radius 2 is 2.00 bits per heavy atom. The zero-order chi connectivity index (χ0) is 11.3. The molecule has 0 spiro atoms. The highest BCUT2D eigenvalue weighted by molar-refractivity contribution is 5.83. The van der Waals surface area contributed by atoms with Crippen molar-refractivity contribution in [3.63, 3.8) is 0 Å². The highest BCUT2D eigenvalue weighted by Crippen LogP contribution is 2.19. The standard InChI is InChI=1S/C9H8O2.C2H4O2/c10-5-9-8-4-2-1-3-7(8)6-11-9;1-2(3)4/h1-4,6,10H,5H2;1H3,(H,3,4). The van der Waals surface area contributed by atoms with Crippen LogP contribution in [-0.2, 0) is 11.4 Å². The van der Waals surface area contributed by atoms with Gasteiger partial charge in [0.2, 0.25) is 0 Å². The number of aliphatic hydroxyl groups excluding tert-OH is 1. The Bertz CT molecular complexity index is 441. The van der Waals surface area contributed by atoms with Crippen LogP contribution in [0.15, 0.2) is 34.9 Å². The van der Waals surface area contributed by atoms with E-state index in [1.807, 2.05) is 24.3 Å². The van der Waals surface area contributed by atoms with E-state index in [2.05, 4.69) is 0 Å². The first-order valence-electron chi connectivity index (χ1n) is 4.40. The fourth-order valence-corrected chi connectivity index (χ4v) is 1.17. The summed E-state index contributed by atoms with van der Waals surface area (Å²) in [6, 6.07) is 7.76. The largest absolute Gasteiger partial charge is 0.481 e. The van der Waals surface area contributed by atoms with Crippen LogP contribution < -0.4 is 0 Å². The molecule has 0 saturated heterocycles. The normalized spacial score (nSPS) is 9.47. The van der Waals surface area contributed by atoms with Crippen molar-refractivity contribution in [1.29, 1.82) is 0 Å². The Morgan fingerprint density at radius 3 is 2.60 bits per heavy atom. The first kappa shape index (κ1) is 11.3. The first-order chi connectivity index (χ1) is 7.15. The molecule has 2 rings (SSSR count). The van der Waals surface area contributed by atoms with Crippen molar-refractivity contribution in [2.24, 2.45) is 0 Å². The van der Waals surface area contributed by atoms with Crippen LogP contribution in [0.2, 0.25) is 0 Å². The predicted octanol–water partition coefficient (Wildman–Crippen LogP) is 2.02. The highest BCUT2D eigenvalue weighted by Gasteiger charge is 2.01. The van der Waals surface area contributed by atoms with E-state index in [4.69, 9.17) is 19.4 Å². The van der Waals surface area contributed by atoms with Crippen molar-refractivity contribution in [3.8, 4) is 0 Å². The van der Waals surface area contributed by atoms with E-state index in [1.54, 1.807) is 6.26 Å². The second kappa shape index (κ2) is 5.17. The predicted molar refractivity (Wildman–Crippen MR) is 55.4 cm³/mol. The maximum Gasteiger partial charge on any atom is 0.300 e. The minimum Gasteiger partial charge on any atom is -0.481 e. The number of rotatable bonds is 1. The van der Waals surface area contributed by atoms with Gasteiger partial charge in [-0.3, -0.25) is 4.79 Å². The van der Waals surface area contributed by atoms with E-state index in [0.29, 0.717) is 5.76 Å². The van der Waals surface area contributed by atoms with Crippen LogP contribution in [0, 0.1) is 0 Å². The van der Waals surface area contributed by atoms with Crippen LogP contribution in [0.5, 0.6) is 0 Å². The number of aliphatic carboxylic acids is 1. The van der Waals surface area contributed by atoms with Crippen molar-refractivity contribution in [1.82, 2.24) is 0 Å². The van der Waals surface area contributed by atoms with Gasteiger partial charge in [0.25, 0.3) is 5.97 Å². The van der Waals surface area contributed by atoms with Crippen molar-refractivity contribution >= 4 is 16.7 Å². The molecule has 0 fully saturated rings. The first-order valence-corrected chi connectivity index (χ1v) is 4.40. The molecule has 1 aromatic carbocycles. The molecule has 80 valence electrons. The molecule has 0 bridgehead atoms. The number of carboxylic acid groups (broad SMARTS) is 1. The summed E-state index contributed by atoms with van der Waals surface area (Å²) in [6.07, 6.45) is 1.65. The lowest BCUT2D eigenvalue weighted by Gasteiger charge is -1.88. The maximum absolute atomic E-state index is 9.00. The summed E-state index contributed by atoms with van der Waals surface area (Å²) in [4.78, 5) is 9.00. The van der Waals surface area contributed by atoms with Crippen molar-refractivity contribution < 1.29 is 19.4 Å². The molecule has 0 atom stereocenters. The lowest BCUT2D eigenvalue weighted by atomic mass is 10.2. The van der Waals surface area contributed by atoms with Gasteiger partial charge >= 0.3 is 0 Å². The number of hydrogen-bond acceptors (Lipinski definition) is 3. The summed E-state index contributed by atoms with van der Waals surface area (Å²) in [5, 5.41) is 18.3. The molecule has 1 aromatic heterocycles. The van der Waals surface area contributed by atoms with Crippen LogP contribution in [0.25, 0.3) is 10.8 Å². The average molecular weight is 208 g/mol. The molecule has 1 heterocycles. The zero-order valence-corrected chi connectivity index (χ0v) is 8.30. The van der Waals surface area contributed by atoms with E-state index in [0.717, 1.165) is 17.7 Å². The molecular formula is C11H12O4. The van der Waals surface area contributed by atoms with Gasteiger partial charge in [-0.15, -0.1) is 0 Å². The third kappa shape index (κ3) is 3.11. The summed E-state index contributed by atoms with van der Waals surface area (Å²) in [7, 11) is 0. The van der Waals surface area contributed by atoms with Gasteiger partial charge in [-0.2, -0.15) is 0 Å². The fourth-order valence-electron chi connectivity index (χ4n) is 1.17. The smallest absolute Gasteiger partial charge is 0.300 e. The monoisotopic (exact) mass is 208 g/mol. The molecule has 0 amide bonds. The SMILES string of the molecule is CC(=O)O.OCc1occ2ccccc12. The van der Waals surface area contributed by atoms with E-state index in [1.165, 1.54) is 0 Å². The Morgan fingerprint density at radius 1 is 1.40 bits per heavy atom. The number of aliphatic hydroxyl groups is 1. The molecule has 2 aromatic rings. The molecule has 4 heteroatoms. The minimum atomic E-state index is -0.833. The van der Waals surface area contributed by atoms with Gasteiger partial charge in [0, 0.05) is 17.7 Å². The Balaban J connectivity index is 0.000000245.